The van der Waals surface area contributed by atoms with Crippen LogP contribution in [-0.2, 0) is 11.2 Å². The Labute approximate surface area is 125 Å². The van der Waals surface area contributed by atoms with Crippen molar-refractivity contribution in [3.8, 4) is 0 Å². The van der Waals surface area contributed by atoms with Gasteiger partial charge in [-0.3, -0.25) is 0 Å². The fraction of sp³-hybridized carbons (Fsp3) is 0.800. The minimum atomic E-state index is 0.296. The first kappa shape index (κ1) is 14.3. The number of rotatable bonds is 3. The largest absolute Gasteiger partial charge is 0.372 e. The van der Waals surface area contributed by atoms with Gasteiger partial charge in [0.25, 0.3) is 0 Å². The van der Waals surface area contributed by atoms with E-state index in [-0.39, 0.29) is 0 Å². The van der Waals surface area contributed by atoms with Crippen molar-refractivity contribution in [2.45, 2.75) is 58.3 Å². The fourth-order valence-corrected chi connectivity index (χ4v) is 4.56. The number of anilines is 1. The summed E-state index contributed by atoms with van der Waals surface area (Å²) < 4.78 is 5.82. The Morgan fingerprint density at radius 3 is 2.80 bits per heavy atom. The molecule has 1 unspecified atom stereocenters. The highest BCUT2D eigenvalue weighted by atomic mass is 32.1. The van der Waals surface area contributed by atoms with Gasteiger partial charge in [0.05, 0.1) is 17.9 Å². The van der Waals surface area contributed by atoms with Crippen LogP contribution in [0.2, 0.25) is 0 Å². The number of morpholine rings is 1. The summed E-state index contributed by atoms with van der Waals surface area (Å²) in [4.78, 5) is 8.80. The zero-order chi connectivity index (χ0) is 14.1. The third-order valence-electron chi connectivity index (χ3n) is 4.08. The van der Waals surface area contributed by atoms with E-state index >= 15 is 0 Å². The van der Waals surface area contributed by atoms with Crippen LogP contribution in [0.25, 0.3) is 0 Å². The lowest BCUT2D eigenvalue weighted by atomic mass is 9.98. The molecule has 1 aromatic rings. The summed E-state index contributed by atoms with van der Waals surface area (Å²) >= 11 is 1.89. The molecule has 1 aromatic heterocycles. The van der Waals surface area contributed by atoms with Crippen LogP contribution in [0.15, 0.2) is 0 Å². The Morgan fingerprint density at radius 2 is 2.10 bits per heavy atom. The molecule has 0 aromatic carbocycles. The molecule has 2 aliphatic rings. The lowest BCUT2D eigenvalue weighted by Crippen LogP contribution is -2.45. The van der Waals surface area contributed by atoms with E-state index in [1.165, 1.54) is 28.5 Å². The quantitative estimate of drug-likeness (QED) is 0.930. The molecule has 1 N–H and O–H groups in total. The number of thiazole rings is 1. The number of ether oxygens (including phenoxy) is 1. The Kier molecular flexibility index (Phi) is 4.29. The van der Waals surface area contributed by atoms with Crippen LogP contribution in [-0.4, -0.2) is 36.8 Å². The SMILES string of the molecule is CCNC1CCCc2nc(N3C[C@@H](C)O[C@@H](C)C3)sc21. The zero-order valence-corrected chi connectivity index (χ0v) is 13.5. The van der Waals surface area contributed by atoms with E-state index in [1.807, 2.05) is 11.3 Å². The van der Waals surface area contributed by atoms with Gasteiger partial charge in [-0.05, 0) is 39.7 Å². The maximum Gasteiger partial charge on any atom is 0.186 e. The molecule has 1 saturated heterocycles. The van der Waals surface area contributed by atoms with Gasteiger partial charge in [-0.25, -0.2) is 4.98 Å². The Bertz CT molecular complexity index is 452. The highest BCUT2D eigenvalue weighted by Gasteiger charge is 2.28. The third kappa shape index (κ3) is 2.85. The summed E-state index contributed by atoms with van der Waals surface area (Å²) in [5, 5.41) is 4.80. The number of fused-ring (bicyclic) bond motifs is 1. The van der Waals surface area contributed by atoms with Crippen LogP contribution in [0.4, 0.5) is 5.13 Å². The second kappa shape index (κ2) is 6.00. The molecule has 0 bridgehead atoms. The van der Waals surface area contributed by atoms with Crippen molar-refractivity contribution in [2.75, 3.05) is 24.5 Å². The molecule has 1 fully saturated rings. The van der Waals surface area contributed by atoms with Gasteiger partial charge < -0.3 is 15.0 Å². The van der Waals surface area contributed by atoms with Crippen LogP contribution in [0.5, 0.6) is 0 Å². The summed E-state index contributed by atoms with van der Waals surface area (Å²) in [5.74, 6) is 0. The molecule has 4 nitrogen and oxygen atoms in total. The Morgan fingerprint density at radius 1 is 1.35 bits per heavy atom. The summed E-state index contributed by atoms with van der Waals surface area (Å²) in [5.41, 5.74) is 1.33. The molecule has 3 atom stereocenters. The average molecular weight is 295 g/mol. The second-order valence-corrected chi connectivity index (χ2v) is 6.98. The summed E-state index contributed by atoms with van der Waals surface area (Å²) in [7, 11) is 0. The minimum absolute atomic E-state index is 0.296. The van der Waals surface area contributed by atoms with Gasteiger partial charge in [0.1, 0.15) is 0 Å². The average Bonchev–Trinajstić information content (AvgIpc) is 2.83. The molecule has 20 heavy (non-hydrogen) atoms. The molecule has 112 valence electrons. The predicted octanol–water partition coefficient (Wildman–Crippen LogP) is 2.74. The topological polar surface area (TPSA) is 37.4 Å². The molecule has 0 radical (unpaired) electrons. The van der Waals surface area contributed by atoms with Crippen LogP contribution in [0.1, 0.15) is 50.2 Å². The predicted molar refractivity (Wildman–Crippen MR) is 83.7 cm³/mol. The van der Waals surface area contributed by atoms with E-state index in [0.717, 1.165) is 26.1 Å². The maximum atomic E-state index is 5.82. The van der Waals surface area contributed by atoms with Crippen molar-refractivity contribution in [2.24, 2.45) is 0 Å². The molecule has 3 rings (SSSR count). The van der Waals surface area contributed by atoms with E-state index in [9.17, 15) is 0 Å². The normalized spacial score (nSPS) is 30.4. The molecular weight excluding hydrogens is 270 g/mol. The van der Waals surface area contributed by atoms with E-state index in [2.05, 4.69) is 31.0 Å². The first-order valence-corrected chi connectivity index (χ1v) is 8.62. The fourth-order valence-electron chi connectivity index (χ4n) is 3.32. The Hall–Kier alpha value is -0.650. The number of aromatic nitrogens is 1. The highest BCUT2D eigenvalue weighted by molar-refractivity contribution is 7.15. The van der Waals surface area contributed by atoms with Gasteiger partial charge >= 0.3 is 0 Å². The number of nitrogens with one attached hydrogen (secondary N) is 1. The van der Waals surface area contributed by atoms with E-state index < -0.39 is 0 Å². The maximum absolute atomic E-state index is 5.82. The van der Waals surface area contributed by atoms with Crippen molar-refractivity contribution >= 4 is 16.5 Å². The summed E-state index contributed by atoms with van der Waals surface area (Å²) in [6.07, 6.45) is 4.24. The lowest BCUT2D eigenvalue weighted by molar-refractivity contribution is -0.00523. The van der Waals surface area contributed by atoms with Gasteiger partial charge in [0.2, 0.25) is 0 Å². The standard InChI is InChI=1S/C15H25N3OS/c1-4-16-12-6-5-7-13-14(12)20-15(17-13)18-8-10(2)19-11(3)9-18/h10-12,16H,4-9H2,1-3H3/t10-,11+,12?. The molecular formula is C15H25N3OS. The van der Waals surface area contributed by atoms with E-state index in [1.54, 1.807) is 0 Å². The molecule has 1 aliphatic heterocycles. The number of hydrogen-bond donors (Lipinski definition) is 1. The molecule has 0 spiro atoms. The van der Waals surface area contributed by atoms with Gasteiger partial charge in [-0.15, -0.1) is 0 Å². The van der Waals surface area contributed by atoms with Crippen LogP contribution < -0.4 is 10.2 Å². The van der Waals surface area contributed by atoms with Gasteiger partial charge in [0, 0.05) is 24.0 Å². The summed E-state index contributed by atoms with van der Waals surface area (Å²) in [6, 6.07) is 0.519. The number of nitrogens with zero attached hydrogens (tertiary/aromatic N) is 2. The van der Waals surface area contributed by atoms with Crippen molar-refractivity contribution in [1.29, 1.82) is 0 Å². The monoisotopic (exact) mass is 295 g/mol. The van der Waals surface area contributed by atoms with Crippen LogP contribution in [0.3, 0.4) is 0 Å². The third-order valence-corrected chi connectivity index (χ3v) is 5.35. The van der Waals surface area contributed by atoms with E-state index in [0.29, 0.717) is 18.2 Å². The molecule has 5 heteroatoms. The molecule has 0 saturated carbocycles. The minimum Gasteiger partial charge on any atom is -0.372 e. The van der Waals surface area contributed by atoms with Gasteiger partial charge in [-0.1, -0.05) is 18.3 Å². The van der Waals surface area contributed by atoms with Gasteiger partial charge in [-0.2, -0.15) is 0 Å². The highest BCUT2D eigenvalue weighted by Crippen LogP contribution is 2.38. The lowest BCUT2D eigenvalue weighted by Gasteiger charge is -2.35. The van der Waals surface area contributed by atoms with Crippen molar-refractivity contribution in [1.82, 2.24) is 10.3 Å². The second-order valence-electron chi connectivity index (χ2n) is 5.97. The smallest absolute Gasteiger partial charge is 0.186 e. The van der Waals surface area contributed by atoms with Crippen molar-refractivity contribution in [3.63, 3.8) is 0 Å². The Balaban J connectivity index is 1.81. The van der Waals surface area contributed by atoms with Crippen LogP contribution in [0, 0.1) is 0 Å². The summed E-state index contributed by atoms with van der Waals surface area (Å²) in [6.45, 7) is 9.44. The molecule has 0 amide bonds. The van der Waals surface area contributed by atoms with Crippen molar-refractivity contribution < 1.29 is 4.74 Å². The zero-order valence-electron chi connectivity index (χ0n) is 12.7. The van der Waals surface area contributed by atoms with Crippen molar-refractivity contribution in [3.05, 3.63) is 10.6 Å². The van der Waals surface area contributed by atoms with Crippen LogP contribution >= 0.6 is 11.3 Å². The van der Waals surface area contributed by atoms with Gasteiger partial charge in [0.15, 0.2) is 5.13 Å². The van der Waals surface area contributed by atoms with E-state index in [4.69, 9.17) is 9.72 Å². The first-order valence-electron chi connectivity index (χ1n) is 7.80. The first-order chi connectivity index (χ1) is 9.67. The molecule has 1 aliphatic carbocycles. The number of aryl methyl sites for hydroxylation is 1. The molecule has 2 heterocycles. The number of hydrogen-bond acceptors (Lipinski definition) is 5.